The average Bonchev–Trinajstić information content (AvgIpc) is 2.15. The Bertz CT molecular complexity index is 138. The first-order valence-electron chi connectivity index (χ1n) is 4.32. The second kappa shape index (κ2) is 5.30. The number of methoxy groups -OCH3 is 1. The van der Waals surface area contributed by atoms with Crippen molar-refractivity contribution in [3.05, 3.63) is 12.7 Å². The van der Waals surface area contributed by atoms with E-state index in [4.69, 9.17) is 9.47 Å². The molecule has 0 amide bonds. The van der Waals surface area contributed by atoms with Gasteiger partial charge >= 0.3 is 0 Å². The number of hydrogen-bond donors (Lipinski definition) is 1. The maximum absolute atomic E-state index is 5.50. The number of hydrogen-bond acceptors (Lipinski definition) is 3. The maximum Gasteiger partial charge on any atom is 0.0728 e. The lowest BCUT2D eigenvalue weighted by Crippen LogP contribution is -2.44. The van der Waals surface area contributed by atoms with Crippen molar-refractivity contribution in [2.75, 3.05) is 26.8 Å². The van der Waals surface area contributed by atoms with Gasteiger partial charge in [0.25, 0.3) is 0 Å². The third-order valence-electron chi connectivity index (χ3n) is 2.05. The molecular formula is C9H17NO2. The molecule has 0 spiro atoms. The Morgan fingerprint density at radius 3 is 2.92 bits per heavy atom. The molecule has 0 aliphatic carbocycles. The molecule has 0 saturated carbocycles. The SMILES string of the molecule is C=CCO[C@@H]1CNC[C@H](OC)C1. The number of ether oxygens (including phenoxy) is 2. The van der Waals surface area contributed by atoms with E-state index in [0.717, 1.165) is 19.5 Å². The van der Waals surface area contributed by atoms with Gasteiger partial charge in [0.05, 0.1) is 18.8 Å². The van der Waals surface area contributed by atoms with E-state index >= 15 is 0 Å². The lowest BCUT2D eigenvalue weighted by atomic mass is 10.1. The minimum Gasteiger partial charge on any atom is -0.380 e. The lowest BCUT2D eigenvalue weighted by Gasteiger charge is -2.28. The molecule has 70 valence electrons. The molecule has 12 heavy (non-hydrogen) atoms. The van der Waals surface area contributed by atoms with Crippen molar-refractivity contribution in [3.8, 4) is 0 Å². The monoisotopic (exact) mass is 171 g/mol. The van der Waals surface area contributed by atoms with Crippen LogP contribution in [0.25, 0.3) is 0 Å². The molecule has 1 rings (SSSR count). The van der Waals surface area contributed by atoms with E-state index in [1.165, 1.54) is 0 Å². The van der Waals surface area contributed by atoms with E-state index in [0.29, 0.717) is 12.7 Å². The van der Waals surface area contributed by atoms with Crippen LogP contribution < -0.4 is 5.32 Å². The van der Waals surface area contributed by atoms with Gasteiger partial charge in [-0.2, -0.15) is 0 Å². The fourth-order valence-corrected chi connectivity index (χ4v) is 1.38. The quantitative estimate of drug-likeness (QED) is 0.627. The third kappa shape index (κ3) is 2.93. The summed E-state index contributed by atoms with van der Waals surface area (Å²) in [7, 11) is 1.74. The van der Waals surface area contributed by atoms with Crippen LogP contribution in [0, 0.1) is 0 Å². The summed E-state index contributed by atoms with van der Waals surface area (Å²) >= 11 is 0. The predicted octanol–water partition coefficient (Wildman–Crippen LogP) is 0.566. The molecule has 1 aliphatic heterocycles. The largest absolute Gasteiger partial charge is 0.380 e. The molecule has 3 heteroatoms. The Morgan fingerprint density at radius 2 is 2.25 bits per heavy atom. The zero-order valence-electron chi connectivity index (χ0n) is 7.58. The van der Waals surface area contributed by atoms with Crippen molar-refractivity contribution in [2.24, 2.45) is 0 Å². The summed E-state index contributed by atoms with van der Waals surface area (Å²) in [4.78, 5) is 0. The van der Waals surface area contributed by atoms with Gasteiger partial charge in [-0.1, -0.05) is 6.08 Å². The lowest BCUT2D eigenvalue weighted by molar-refractivity contribution is -0.0102. The first kappa shape index (κ1) is 9.71. The molecule has 0 aromatic rings. The summed E-state index contributed by atoms with van der Waals surface area (Å²) in [5, 5.41) is 3.26. The van der Waals surface area contributed by atoms with Crippen LogP contribution in [0.2, 0.25) is 0 Å². The molecule has 0 aromatic carbocycles. The molecule has 1 saturated heterocycles. The highest BCUT2D eigenvalue weighted by atomic mass is 16.5. The normalized spacial score (nSPS) is 30.1. The molecule has 1 heterocycles. The molecule has 1 aliphatic rings. The van der Waals surface area contributed by atoms with E-state index in [1.807, 2.05) is 0 Å². The highest BCUT2D eigenvalue weighted by molar-refractivity contribution is 4.78. The van der Waals surface area contributed by atoms with Crippen molar-refractivity contribution in [3.63, 3.8) is 0 Å². The summed E-state index contributed by atoms with van der Waals surface area (Å²) in [6, 6.07) is 0. The first-order chi connectivity index (χ1) is 5.86. The smallest absolute Gasteiger partial charge is 0.0728 e. The molecule has 2 atom stereocenters. The van der Waals surface area contributed by atoms with Crippen LogP contribution in [0.4, 0.5) is 0 Å². The minimum absolute atomic E-state index is 0.279. The van der Waals surface area contributed by atoms with Crippen LogP contribution >= 0.6 is 0 Å². The Kier molecular flexibility index (Phi) is 4.29. The molecule has 0 radical (unpaired) electrons. The Balaban J connectivity index is 2.20. The van der Waals surface area contributed by atoms with E-state index in [9.17, 15) is 0 Å². The zero-order valence-corrected chi connectivity index (χ0v) is 7.58. The van der Waals surface area contributed by atoms with Gasteiger partial charge in [0.15, 0.2) is 0 Å². The predicted molar refractivity (Wildman–Crippen MR) is 48.2 cm³/mol. The van der Waals surface area contributed by atoms with Crippen molar-refractivity contribution >= 4 is 0 Å². The van der Waals surface area contributed by atoms with Crippen molar-refractivity contribution in [1.29, 1.82) is 0 Å². The van der Waals surface area contributed by atoms with Crippen LogP contribution in [-0.4, -0.2) is 39.0 Å². The Morgan fingerprint density at radius 1 is 1.50 bits per heavy atom. The highest BCUT2D eigenvalue weighted by Crippen LogP contribution is 2.09. The molecule has 1 fully saturated rings. The first-order valence-corrected chi connectivity index (χ1v) is 4.32. The molecular weight excluding hydrogens is 154 g/mol. The Hall–Kier alpha value is -0.380. The number of nitrogens with one attached hydrogen (secondary N) is 1. The number of piperidine rings is 1. The van der Waals surface area contributed by atoms with Gasteiger partial charge in [-0.3, -0.25) is 0 Å². The maximum atomic E-state index is 5.50. The van der Waals surface area contributed by atoms with Gasteiger partial charge in [0, 0.05) is 26.6 Å². The van der Waals surface area contributed by atoms with E-state index in [-0.39, 0.29) is 6.10 Å². The highest BCUT2D eigenvalue weighted by Gasteiger charge is 2.20. The standard InChI is InChI=1S/C9H17NO2/c1-3-4-12-9-5-8(11-2)6-10-7-9/h3,8-10H,1,4-7H2,2H3/t8-,9+/m1/s1. The Labute approximate surface area is 73.7 Å². The summed E-state index contributed by atoms with van der Waals surface area (Å²) in [6.07, 6.45) is 3.34. The average molecular weight is 171 g/mol. The second-order valence-electron chi connectivity index (χ2n) is 3.00. The number of rotatable bonds is 4. The zero-order chi connectivity index (χ0) is 8.81. The van der Waals surface area contributed by atoms with Crippen LogP contribution in [-0.2, 0) is 9.47 Å². The van der Waals surface area contributed by atoms with E-state index in [2.05, 4.69) is 11.9 Å². The van der Waals surface area contributed by atoms with Crippen LogP contribution in [0.5, 0.6) is 0 Å². The van der Waals surface area contributed by atoms with Crippen LogP contribution in [0.15, 0.2) is 12.7 Å². The van der Waals surface area contributed by atoms with Gasteiger partial charge in [-0.25, -0.2) is 0 Å². The summed E-state index contributed by atoms with van der Waals surface area (Å²) in [5.41, 5.74) is 0. The summed E-state index contributed by atoms with van der Waals surface area (Å²) in [6.45, 7) is 6.09. The van der Waals surface area contributed by atoms with Crippen molar-refractivity contribution in [1.82, 2.24) is 5.32 Å². The van der Waals surface area contributed by atoms with Crippen molar-refractivity contribution < 1.29 is 9.47 Å². The van der Waals surface area contributed by atoms with Gasteiger partial charge in [-0.05, 0) is 0 Å². The van der Waals surface area contributed by atoms with Crippen LogP contribution in [0.1, 0.15) is 6.42 Å². The summed E-state index contributed by atoms with van der Waals surface area (Å²) in [5.74, 6) is 0. The van der Waals surface area contributed by atoms with Gasteiger partial charge in [0.1, 0.15) is 0 Å². The topological polar surface area (TPSA) is 30.5 Å². The summed E-state index contributed by atoms with van der Waals surface area (Å²) < 4.78 is 10.7. The second-order valence-corrected chi connectivity index (χ2v) is 3.00. The van der Waals surface area contributed by atoms with Crippen molar-refractivity contribution in [2.45, 2.75) is 18.6 Å². The molecule has 0 aromatic heterocycles. The molecule has 3 nitrogen and oxygen atoms in total. The fourth-order valence-electron chi connectivity index (χ4n) is 1.38. The molecule has 0 bridgehead atoms. The third-order valence-corrected chi connectivity index (χ3v) is 2.05. The van der Waals surface area contributed by atoms with Gasteiger partial charge in [-0.15, -0.1) is 6.58 Å². The van der Waals surface area contributed by atoms with Crippen LogP contribution in [0.3, 0.4) is 0 Å². The fraction of sp³-hybridized carbons (Fsp3) is 0.778. The van der Waals surface area contributed by atoms with Gasteiger partial charge in [0.2, 0.25) is 0 Å². The van der Waals surface area contributed by atoms with E-state index < -0.39 is 0 Å². The molecule has 1 N–H and O–H groups in total. The van der Waals surface area contributed by atoms with E-state index in [1.54, 1.807) is 13.2 Å². The van der Waals surface area contributed by atoms with Gasteiger partial charge < -0.3 is 14.8 Å². The minimum atomic E-state index is 0.279. The molecule has 0 unspecified atom stereocenters.